The maximum absolute atomic E-state index is 6.30. The number of hydrogen-bond acceptors (Lipinski definition) is 1. The lowest BCUT2D eigenvalue weighted by Crippen LogP contribution is -1.93. The van der Waals surface area contributed by atoms with Crippen molar-refractivity contribution < 1.29 is 4.42 Å². The Morgan fingerprint density at radius 1 is 1.25 bits per heavy atom. The van der Waals surface area contributed by atoms with Gasteiger partial charge in [0.15, 0.2) is 0 Å². The third kappa shape index (κ3) is 2.81. The molecule has 0 saturated carbocycles. The zero-order valence-corrected chi connectivity index (χ0v) is 10.4. The molecule has 3 heteroatoms. The van der Waals surface area contributed by atoms with Gasteiger partial charge in [-0.15, -0.1) is 11.6 Å². The minimum atomic E-state index is -0.0568. The predicted molar refractivity (Wildman–Crippen MR) is 67.2 cm³/mol. The summed E-state index contributed by atoms with van der Waals surface area (Å²) in [6, 6.07) is 9.70. The zero-order chi connectivity index (χ0) is 11.5. The first kappa shape index (κ1) is 11.6. The van der Waals surface area contributed by atoms with Crippen LogP contribution in [-0.4, -0.2) is 0 Å². The van der Waals surface area contributed by atoms with E-state index in [-0.39, 0.29) is 5.38 Å². The van der Waals surface area contributed by atoms with Gasteiger partial charge in [-0.1, -0.05) is 23.7 Å². The number of hydrogen-bond donors (Lipinski definition) is 0. The SMILES string of the molecule is Cc1cc(C(Cl)Cc2ccc(Cl)cc2)co1. The molecule has 1 aromatic heterocycles. The van der Waals surface area contributed by atoms with Crippen molar-refractivity contribution in [2.75, 3.05) is 0 Å². The van der Waals surface area contributed by atoms with Gasteiger partial charge < -0.3 is 4.42 Å². The zero-order valence-electron chi connectivity index (χ0n) is 8.91. The van der Waals surface area contributed by atoms with Crippen molar-refractivity contribution in [2.45, 2.75) is 18.7 Å². The second-order valence-corrected chi connectivity index (χ2v) is 4.75. The van der Waals surface area contributed by atoms with Crippen LogP contribution in [0.2, 0.25) is 5.02 Å². The van der Waals surface area contributed by atoms with E-state index in [2.05, 4.69) is 0 Å². The highest BCUT2D eigenvalue weighted by atomic mass is 35.5. The first-order valence-electron chi connectivity index (χ1n) is 5.08. The fraction of sp³-hybridized carbons (Fsp3) is 0.231. The highest BCUT2D eigenvalue weighted by molar-refractivity contribution is 6.30. The molecule has 0 N–H and O–H groups in total. The number of halogens is 2. The van der Waals surface area contributed by atoms with Gasteiger partial charge >= 0.3 is 0 Å². The van der Waals surface area contributed by atoms with Gasteiger partial charge in [0.25, 0.3) is 0 Å². The molecule has 2 aromatic rings. The molecule has 0 bridgehead atoms. The Morgan fingerprint density at radius 3 is 2.50 bits per heavy atom. The molecule has 1 heterocycles. The summed E-state index contributed by atoms with van der Waals surface area (Å²) in [6.07, 6.45) is 2.49. The molecule has 84 valence electrons. The van der Waals surface area contributed by atoms with Gasteiger partial charge in [0.1, 0.15) is 5.76 Å². The Kier molecular flexibility index (Phi) is 3.57. The summed E-state index contributed by atoms with van der Waals surface area (Å²) in [5, 5.41) is 0.688. The van der Waals surface area contributed by atoms with Crippen molar-refractivity contribution in [3.05, 3.63) is 58.5 Å². The van der Waals surface area contributed by atoms with Gasteiger partial charge in [0.2, 0.25) is 0 Å². The molecule has 0 aliphatic carbocycles. The maximum atomic E-state index is 6.30. The van der Waals surface area contributed by atoms with Crippen LogP contribution in [0.3, 0.4) is 0 Å². The van der Waals surface area contributed by atoms with Gasteiger partial charge in [-0.2, -0.15) is 0 Å². The minimum Gasteiger partial charge on any atom is -0.469 e. The second-order valence-electron chi connectivity index (χ2n) is 3.79. The number of furan rings is 1. The summed E-state index contributed by atoms with van der Waals surface area (Å²) in [6.45, 7) is 1.91. The highest BCUT2D eigenvalue weighted by Crippen LogP contribution is 2.26. The van der Waals surface area contributed by atoms with Crippen molar-refractivity contribution in [1.82, 2.24) is 0 Å². The first-order chi connectivity index (χ1) is 7.65. The summed E-state index contributed by atoms with van der Waals surface area (Å²) in [5.74, 6) is 0.886. The van der Waals surface area contributed by atoms with E-state index < -0.39 is 0 Å². The second kappa shape index (κ2) is 4.94. The van der Waals surface area contributed by atoms with Crippen molar-refractivity contribution in [2.24, 2.45) is 0 Å². The van der Waals surface area contributed by atoms with Crippen LogP contribution in [0.25, 0.3) is 0 Å². The first-order valence-corrected chi connectivity index (χ1v) is 5.90. The van der Waals surface area contributed by atoms with Crippen LogP contribution < -0.4 is 0 Å². The van der Waals surface area contributed by atoms with Crippen LogP contribution in [0, 0.1) is 6.92 Å². The monoisotopic (exact) mass is 254 g/mol. The van der Waals surface area contributed by atoms with Crippen molar-refractivity contribution in [1.29, 1.82) is 0 Å². The lowest BCUT2D eigenvalue weighted by atomic mass is 10.1. The standard InChI is InChI=1S/C13H12Cl2O/c1-9-6-11(8-16-9)13(15)7-10-2-4-12(14)5-3-10/h2-6,8,13H,7H2,1H3. The Morgan fingerprint density at radius 2 is 1.94 bits per heavy atom. The van der Waals surface area contributed by atoms with Crippen molar-refractivity contribution in [3.8, 4) is 0 Å². The highest BCUT2D eigenvalue weighted by Gasteiger charge is 2.11. The van der Waals surface area contributed by atoms with E-state index in [1.165, 1.54) is 5.56 Å². The molecule has 0 fully saturated rings. The molecule has 0 aliphatic rings. The van der Waals surface area contributed by atoms with Gasteiger partial charge in [-0.25, -0.2) is 0 Å². The molecule has 0 spiro atoms. The van der Waals surface area contributed by atoms with E-state index in [1.54, 1.807) is 6.26 Å². The van der Waals surface area contributed by atoms with Crippen LogP contribution >= 0.6 is 23.2 Å². The largest absolute Gasteiger partial charge is 0.469 e. The van der Waals surface area contributed by atoms with Crippen LogP contribution in [0.5, 0.6) is 0 Å². The van der Waals surface area contributed by atoms with Gasteiger partial charge in [-0.3, -0.25) is 0 Å². The molecule has 0 amide bonds. The third-order valence-corrected chi connectivity index (χ3v) is 3.10. The molecule has 0 aliphatic heterocycles. The van der Waals surface area contributed by atoms with Gasteiger partial charge in [-0.05, 0) is 37.1 Å². The predicted octanol–water partition coefficient (Wildman–Crippen LogP) is 4.76. The van der Waals surface area contributed by atoms with Crippen molar-refractivity contribution >= 4 is 23.2 Å². The summed E-state index contributed by atoms with van der Waals surface area (Å²) < 4.78 is 5.24. The van der Waals surface area contributed by atoms with Gasteiger partial charge in [0.05, 0.1) is 11.6 Å². The quantitative estimate of drug-likeness (QED) is 0.720. The Bertz CT molecular complexity index is 459. The Hall–Kier alpha value is -0.920. The third-order valence-electron chi connectivity index (χ3n) is 2.44. The lowest BCUT2D eigenvalue weighted by molar-refractivity contribution is 0.531. The summed E-state index contributed by atoms with van der Waals surface area (Å²) in [4.78, 5) is 0. The van der Waals surface area contributed by atoms with E-state index in [4.69, 9.17) is 27.6 Å². The fourth-order valence-corrected chi connectivity index (χ4v) is 1.99. The van der Waals surface area contributed by atoms with E-state index in [0.717, 1.165) is 22.8 Å². The van der Waals surface area contributed by atoms with Crippen molar-refractivity contribution in [3.63, 3.8) is 0 Å². The van der Waals surface area contributed by atoms with Crippen LogP contribution in [0.4, 0.5) is 0 Å². The molecular formula is C13H12Cl2O. The van der Waals surface area contributed by atoms with E-state index in [9.17, 15) is 0 Å². The number of aryl methyl sites for hydroxylation is 1. The smallest absolute Gasteiger partial charge is 0.101 e. The average molecular weight is 255 g/mol. The molecule has 1 unspecified atom stereocenters. The summed E-state index contributed by atoms with van der Waals surface area (Å²) in [7, 11) is 0. The normalized spacial score (nSPS) is 12.7. The summed E-state index contributed by atoms with van der Waals surface area (Å²) >= 11 is 12.1. The maximum Gasteiger partial charge on any atom is 0.101 e. The van der Waals surface area contributed by atoms with Crippen LogP contribution in [0.15, 0.2) is 41.0 Å². The minimum absolute atomic E-state index is 0.0568. The van der Waals surface area contributed by atoms with E-state index >= 15 is 0 Å². The molecule has 1 atom stereocenters. The Labute approximate surface area is 105 Å². The molecule has 1 nitrogen and oxygen atoms in total. The molecule has 0 saturated heterocycles. The number of alkyl halides is 1. The lowest BCUT2D eigenvalue weighted by Gasteiger charge is -2.06. The molecule has 2 rings (SSSR count). The Balaban J connectivity index is 2.07. The van der Waals surface area contributed by atoms with Crippen LogP contribution in [0.1, 0.15) is 22.3 Å². The topological polar surface area (TPSA) is 13.1 Å². The van der Waals surface area contributed by atoms with Crippen LogP contribution in [-0.2, 0) is 6.42 Å². The molecular weight excluding hydrogens is 243 g/mol. The van der Waals surface area contributed by atoms with E-state index in [0.29, 0.717) is 0 Å². The molecule has 16 heavy (non-hydrogen) atoms. The molecule has 1 aromatic carbocycles. The fourth-order valence-electron chi connectivity index (χ4n) is 1.57. The number of rotatable bonds is 3. The number of benzene rings is 1. The average Bonchev–Trinajstić information content (AvgIpc) is 2.68. The van der Waals surface area contributed by atoms with E-state index in [1.807, 2.05) is 37.3 Å². The van der Waals surface area contributed by atoms with Gasteiger partial charge in [0, 0.05) is 10.6 Å². The summed E-state index contributed by atoms with van der Waals surface area (Å²) in [5.41, 5.74) is 2.19. The molecule has 0 radical (unpaired) electrons.